The second-order valence-electron chi connectivity index (χ2n) is 3.48. The van der Waals surface area contributed by atoms with Gasteiger partial charge >= 0.3 is 5.97 Å². The molecule has 0 aliphatic rings. The van der Waals surface area contributed by atoms with Gasteiger partial charge in [0.2, 0.25) is 0 Å². The number of aliphatic carboxylic acids is 1. The van der Waals surface area contributed by atoms with Gasteiger partial charge in [-0.2, -0.15) is 0 Å². The largest absolute Gasteiger partial charge is 0.493 e. The molecule has 18 heavy (non-hydrogen) atoms. The number of halogens is 1. The van der Waals surface area contributed by atoms with E-state index in [0.717, 1.165) is 0 Å². The standard InChI is InChI=1S/C10H11BrN2O5/c11-6-3-7(13(16)17)5-8(4-6)18-2-1-9(12)10(14)15/h3-5,9H,1-2,12H2,(H,14,15). The number of rotatable bonds is 6. The van der Waals surface area contributed by atoms with Gasteiger partial charge in [0.25, 0.3) is 5.69 Å². The van der Waals surface area contributed by atoms with Crippen molar-refractivity contribution >= 4 is 27.6 Å². The molecule has 0 saturated carbocycles. The predicted octanol–water partition coefficient (Wildman–Crippen LogP) is 1.54. The minimum atomic E-state index is -1.11. The van der Waals surface area contributed by atoms with Crippen LogP contribution in [-0.2, 0) is 4.79 Å². The lowest BCUT2D eigenvalue weighted by atomic mass is 10.2. The SMILES string of the molecule is NC(CCOc1cc(Br)cc([N+](=O)[O-])c1)C(=O)O. The lowest BCUT2D eigenvalue weighted by molar-refractivity contribution is -0.385. The van der Waals surface area contributed by atoms with Crippen LogP contribution < -0.4 is 10.5 Å². The van der Waals surface area contributed by atoms with Gasteiger partial charge in [-0.25, -0.2) is 0 Å². The van der Waals surface area contributed by atoms with Crippen LogP contribution in [-0.4, -0.2) is 28.6 Å². The average Bonchev–Trinajstić information content (AvgIpc) is 2.27. The first-order chi connectivity index (χ1) is 8.40. The molecule has 0 amide bonds. The number of carbonyl (C=O) groups is 1. The van der Waals surface area contributed by atoms with Crippen LogP contribution in [0.4, 0.5) is 5.69 Å². The maximum absolute atomic E-state index is 10.6. The summed E-state index contributed by atoms with van der Waals surface area (Å²) in [5.41, 5.74) is 5.18. The highest BCUT2D eigenvalue weighted by molar-refractivity contribution is 9.10. The molecule has 98 valence electrons. The van der Waals surface area contributed by atoms with Crippen molar-refractivity contribution in [3.05, 3.63) is 32.8 Å². The molecule has 0 radical (unpaired) electrons. The number of nitro groups is 1. The molecule has 1 aromatic carbocycles. The van der Waals surface area contributed by atoms with Gasteiger partial charge in [-0.1, -0.05) is 15.9 Å². The van der Waals surface area contributed by atoms with E-state index in [1.807, 2.05) is 0 Å². The lowest BCUT2D eigenvalue weighted by Crippen LogP contribution is -2.31. The summed E-state index contributed by atoms with van der Waals surface area (Å²) in [6.45, 7) is 0.0705. The Balaban J connectivity index is 2.62. The van der Waals surface area contributed by atoms with Gasteiger partial charge in [0.1, 0.15) is 11.8 Å². The molecule has 1 unspecified atom stereocenters. The zero-order chi connectivity index (χ0) is 13.7. The van der Waals surface area contributed by atoms with Crippen LogP contribution in [0, 0.1) is 10.1 Å². The number of non-ortho nitro benzene ring substituents is 1. The highest BCUT2D eigenvalue weighted by Crippen LogP contribution is 2.26. The van der Waals surface area contributed by atoms with Crippen molar-refractivity contribution in [3.63, 3.8) is 0 Å². The Morgan fingerprint density at radius 2 is 2.22 bits per heavy atom. The minimum absolute atomic E-state index is 0.0705. The quantitative estimate of drug-likeness (QED) is 0.607. The minimum Gasteiger partial charge on any atom is -0.493 e. The van der Waals surface area contributed by atoms with Gasteiger partial charge in [-0.3, -0.25) is 14.9 Å². The number of benzene rings is 1. The third kappa shape index (κ3) is 4.30. The van der Waals surface area contributed by atoms with Crippen molar-refractivity contribution in [2.75, 3.05) is 6.61 Å². The Labute approximate surface area is 111 Å². The summed E-state index contributed by atoms with van der Waals surface area (Å²) in [7, 11) is 0. The number of ether oxygens (including phenoxy) is 1. The number of nitrogens with two attached hydrogens (primary N) is 1. The molecule has 0 aromatic heterocycles. The number of nitro benzene ring substituents is 1. The molecule has 0 aliphatic carbocycles. The number of hydrogen-bond acceptors (Lipinski definition) is 5. The number of nitrogens with zero attached hydrogens (tertiary/aromatic N) is 1. The number of carboxylic acids is 1. The van der Waals surface area contributed by atoms with E-state index < -0.39 is 16.9 Å². The van der Waals surface area contributed by atoms with Crippen molar-refractivity contribution in [2.45, 2.75) is 12.5 Å². The normalized spacial score (nSPS) is 11.9. The van der Waals surface area contributed by atoms with E-state index in [1.54, 1.807) is 6.07 Å². The Morgan fingerprint density at radius 1 is 1.56 bits per heavy atom. The van der Waals surface area contributed by atoms with E-state index in [2.05, 4.69) is 15.9 Å². The third-order valence-corrected chi connectivity index (χ3v) is 2.54. The van der Waals surface area contributed by atoms with E-state index in [9.17, 15) is 14.9 Å². The van der Waals surface area contributed by atoms with Crippen molar-refractivity contribution < 1.29 is 19.6 Å². The summed E-state index contributed by atoms with van der Waals surface area (Å²) in [5.74, 6) is -0.826. The fraction of sp³-hybridized carbons (Fsp3) is 0.300. The first-order valence-corrected chi connectivity index (χ1v) is 5.75. The van der Waals surface area contributed by atoms with Crippen LogP contribution in [0.15, 0.2) is 22.7 Å². The van der Waals surface area contributed by atoms with Gasteiger partial charge in [0.15, 0.2) is 0 Å². The Morgan fingerprint density at radius 3 is 2.78 bits per heavy atom. The van der Waals surface area contributed by atoms with Crippen molar-refractivity contribution in [1.82, 2.24) is 0 Å². The first-order valence-electron chi connectivity index (χ1n) is 4.96. The molecule has 0 bridgehead atoms. The molecule has 7 nitrogen and oxygen atoms in total. The molecule has 0 fully saturated rings. The predicted molar refractivity (Wildman–Crippen MR) is 66.5 cm³/mol. The van der Waals surface area contributed by atoms with Gasteiger partial charge < -0.3 is 15.6 Å². The molecule has 0 saturated heterocycles. The molecule has 1 rings (SSSR count). The molecule has 0 heterocycles. The van der Waals surface area contributed by atoms with E-state index in [1.165, 1.54) is 12.1 Å². The van der Waals surface area contributed by atoms with Crippen LogP contribution in [0.2, 0.25) is 0 Å². The number of hydrogen-bond donors (Lipinski definition) is 2. The second-order valence-corrected chi connectivity index (χ2v) is 4.40. The van der Waals surface area contributed by atoms with E-state index in [4.69, 9.17) is 15.6 Å². The first kappa shape index (κ1) is 14.4. The Bertz CT molecular complexity index is 466. The zero-order valence-corrected chi connectivity index (χ0v) is 10.8. The van der Waals surface area contributed by atoms with E-state index >= 15 is 0 Å². The Kier molecular flexibility index (Phi) is 5.05. The summed E-state index contributed by atoms with van der Waals surface area (Å²) < 4.78 is 5.73. The number of carboxylic acid groups (broad SMARTS) is 1. The summed E-state index contributed by atoms with van der Waals surface area (Å²) in [4.78, 5) is 20.5. The van der Waals surface area contributed by atoms with Crippen LogP contribution >= 0.6 is 15.9 Å². The Hall–Kier alpha value is -1.67. The molecule has 0 spiro atoms. The van der Waals surface area contributed by atoms with Gasteiger partial charge in [-0.15, -0.1) is 0 Å². The lowest BCUT2D eigenvalue weighted by Gasteiger charge is -2.08. The van der Waals surface area contributed by atoms with Crippen molar-refractivity contribution in [3.8, 4) is 5.75 Å². The molecule has 0 aliphatic heterocycles. The van der Waals surface area contributed by atoms with Gasteiger partial charge in [0.05, 0.1) is 17.6 Å². The molecular formula is C10H11BrN2O5. The third-order valence-electron chi connectivity index (χ3n) is 2.08. The smallest absolute Gasteiger partial charge is 0.320 e. The van der Waals surface area contributed by atoms with Crippen LogP contribution in [0.3, 0.4) is 0 Å². The average molecular weight is 319 g/mol. The van der Waals surface area contributed by atoms with Crippen molar-refractivity contribution in [1.29, 1.82) is 0 Å². The second kappa shape index (κ2) is 6.31. The zero-order valence-electron chi connectivity index (χ0n) is 9.21. The molecule has 3 N–H and O–H groups in total. The maximum atomic E-state index is 10.6. The summed E-state index contributed by atoms with van der Waals surface area (Å²) in [6.07, 6.45) is 0.121. The van der Waals surface area contributed by atoms with Crippen LogP contribution in [0.1, 0.15) is 6.42 Å². The molecule has 8 heteroatoms. The summed E-state index contributed by atoms with van der Waals surface area (Å²) in [6, 6.07) is 3.15. The van der Waals surface area contributed by atoms with Crippen LogP contribution in [0.25, 0.3) is 0 Å². The van der Waals surface area contributed by atoms with E-state index in [-0.39, 0.29) is 24.5 Å². The van der Waals surface area contributed by atoms with Gasteiger partial charge in [0, 0.05) is 17.0 Å². The topological polar surface area (TPSA) is 116 Å². The van der Waals surface area contributed by atoms with Crippen molar-refractivity contribution in [2.24, 2.45) is 5.73 Å². The molecule has 1 atom stereocenters. The van der Waals surface area contributed by atoms with Gasteiger partial charge in [-0.05, 0) is 6.07 Å². The summed E-state index contributed by atoms with van der Waals surface area (Å²) in [5, 5.41) is 19.2. The highest BCUT2D eigenvalue weighted by atomic mass is 79.9. The van der Waals surface area contributed by atoms with E-state index in [0.29, 0.717) is 4.47 Å². The van der Waals surface area contributed by atoms with Crippen LogP contribution in [0.5, 0.6) is 5.75 Å². The molecular weight excluding hydrogens is 308 g/mol. The maximum Gasteiger partial charge on any atom is 0.320 e. The monoisotopic (exact) mass is 318 g/mol. The molecule has 1 aromatic rings. The fourth-order valence-corrected chi connectivity index (χ4v) is 1.62. The summed E-state index contributed by atoms with van der Waals surface area (Å²) >= 11 is 3.12. The highest BCUT2D eigenvalue weighted by Gasteiger charge is 2.12. The fourth-order valence-electron chi connectivity index (χ4n) is 1.16.